The number of benzene rings is 1. The van der Waals surface area contributed by atoms with Crippen molar-refractivity contribution < 1.29 is 18.3 Å². The van der Waals surface area contributed by atoms with Crippen molar-refractivity contribution in [2.24, 2.45) is 0 Å². The fraction of sp³-hybridized carbons (Fsp3) is 0.154. The van der Waals surface area contributed by atoms with Crippen LogP contribution in [0.15, 0.2) is 52.5 Å². The molecular weight excluding hydrogens is 298 g/mol. The lowest BCUT2D eigenvalue weighted by Crippen LogP contribution is -2.10. The first-order valence-electron chi connectivity index (χ1n) is 5.74. The van der Waals surface area contributed by atoms with Crippen LogP contribution in [0.5, 0.6) is 0 Å². The van der Waals surface area contributed by atoms with Crippen molar-refractivity contribution in [3.05, 3.63) is 48.3 Å². The summed E-state index contributed by atoms with van der Waals surface area (Å²) in [6.45, 7) is 1.88. The molecule has 0 fully saturated rings. The molecular formula is C13H13NO4S2. The quantitative estimate of drug-likeness (QED) is 0.857. The SMILES string of the molecule is Cc1ccc(S(=O)(=O)n2ccc(SCC(=O)O)c2)cc1. The van der Waals surface area contributed by atoms with E-state index in [9.17, 15) is 13.2 Å². The molecule has 0 amide bonds. The second kappa shape index (κ2) is 5.72. The molecule has 0 aliphatic heterocycles. The molecule has 7 heteroatoms. The number of carboxylic acids is 1. The van der Waals surface area contributed by atoms with Gasteiger partial charge < -0.3 is 5.11 Å². The fourth-order valence-corrected chi connectivity index (χ4v) is 3.47. The summed E-state index contributed by atoms with van der Waals surface area (Å²) in [5, 5.41) is 8.60. The second-order valence-electron chi connectivity index (χ2n) is 4.18. The summed E-state index contributed by atoms with van der Waals surface area (Å²) in [7, 11) is -3.62. The first-order chi connectivity index (χ1) is 9.39. The highest BCUT2D eigenvalue weighted by atomic mass is 32.2. The first kappa shape index (κ1) is 14.7. The van der Waals surface area contributed by atoms with Crippen LogP contribution in [0.25, 0.3) is 0 Å². The number of thioether (sulfide) groups is 1. The van der Waals surface area contributed by atoms with E-state index in [1.54, 1.807) is 30.3 Å². The number of nitrogens with zero attached hydrogens (tertiary/aromatic N) is 1. The molecule has 0 unspecified atom stereocenters. The lowest BCUT2D eigenvalue weighted by Gasteiger charge is -2.05. The van der Waals surface area contributed by atoms with E-state index in [1.807, 2.05) is 6.92 Å². The Balaban J connectivity index is 2.26. The molecule has 1 N–H and O–H groups in total. The number of hydrogen-bond donors (Lipinski definition) is 1. The third kappa shape index (κ3) is 3.23. The molecule has 0 bridgehead atoms. The number of rotatable bonds is 5. The van der Waals surface area contributed by atoms with Gasteiger partial charge in [0.25, 0.3) is 10.0 Å². The van der Waals surface area contributed by atoms with Gasteiger partial charge >= 0.3 is 5.97 Å². The fourth-order valence-electron chi connectivity index (χ4n) is 1.57. The highest BCUT2D eigenvalue weighted by Gasteiger charge is 2.16. The van der Waals surface area contributed by atoms with Gasteiger partial charge in [0, 0.05) is 17.3 Å². The summed E-state index contributed by atoms with van der Waals surface area (Å²) in [5.41, 5.74) is 0.981. The molecule has 2 aromatic rings. The van der Waals surface area contributed by atoms with Crippen LogP contribution in [-0.2, 0) is 14.8 Å². The Morgan fingerprint density at radius 3 is 2.50 bits per heavy atom. The van der Waals surface area contributed by atoms with Gasteiger partial charge in [-0.15, -0.1) is 11.8 Å². The maximum atomic E-state index is 12.3. The standard InChI is InChI=1S/C13H13NO4S2/c1-10-2-4-12(5-3-10)20(17,18)14-7-6-11(8-14)19-9-13(15)16/h2-8H,9H2,1H3,(H,15,16). The summed E-state index contributed by atoms with van der Waals surface area (Å²) >= 11 is 1.08. The van der Waals surface area contributed by atoms with Crippen molar-refractivity contribution in [3.8, 4) is 0 Å². The molecule has 0 saturated heterocycles. The average molecular weight is 311 g/mol. The largest absolute Gasteiger partial charge is 0.481 e. The van der Waals surface area contributed by atoms with Crippen LogP contribution in [0.1, 0.15) is 5.56 Å². The van der Waals surface area contributed by atoms with Gasteiger partial charge in [-0.2, -0.15) is 0 Å². The summed E-state index contributed by atoms with van der Waals surface area (Å²) in [6.07, 6.45) is 2.84. The van der Waals surface area contributed by atoms with Crippen molar-refractivity contribution in [1.29, 1.82) is 0 Å². The molecule has 106 valence electrons. The van der Waals surface area contributed by atoms with Crippen molar-refractivity contribution in [3.63, 3.8) is 0 Å². The Labute approximate surface area is 121 Å². The van der Waals surface area contributed by atoms with E-state index in [0.29, 0.717) is 4.90 Å². The Kier molecular flexibility index (Phi) is 4.20. The summed E-state index contributed by atoms with van der Waals surface area (Å²) < 4.78 is 25.8. The van der Waals surface area contributed by atoms with E-state index in [0.717, 1.165) is 21.3 Å². The maximum absolute atomic E-state index is 12.3. The van der Waals surface area contributed by atoms with E-state index < -0.39 is 16.0 Å². The van der Waals surface area contributed by atoms with Crippen LogP contribution in [-0.4, -0.2) is 29.2 Å². The Hall–Kier alpha value is -1.73. The number of hydrogen-bond acceptors (Lipinski definition) is 4. The third-order valence-corrected chi connectivity index (χ3v) is 5.22. The van der Waals surface area contributed by atoms with Gasteiger partial charge in [-0.1, -0.05) is 17.7 Å². The Morgan fingerprint density at radius 1 is 1.25 bits per heavy atom. The zero-order chi connectivity index (χ0) is 14.8. The monoisotopic (exact) mass is 311 g/mol. The van der Waals surface area contributed by atoms with Crippen LogP contribution >= 0.6 is 11.8 Å². The Bertz CT molecular complexity index is 717. The minimum atomic E-state index is -3.62. The highest BCUT2D eigenvalue weighted by Crippen LogP contribution is 2.21. The van der Waals surface area contributed by atoms with E-state index >= 15 is 0 Å². The van der Waals surface area contributed by atoms with Crippen LogP contribution in [0.3, 0.4) is 0 Å². The van der Waals surface area contributed by atoms with E-state index in [-0.39, 0.29) is 10.6 Å². The molecule has 0 aliphatic rings. The van der Waals surface area contributed by atoms with Gasteiger partial charge in [0.05, 0.1) is 10.6 Å². The summed E-state index contributed by atoms with van der Waals surface area (Å²) in [4.78, 5) is 11.3. The van der Waals surface area contributed by atoms with Crippen molar-refractivity contribution in [1.82, 2.24) is 3.97 Å². The molecule has 0 saturated carbocycles. The minimum absolute atomic E-state index is 0.103. The van der Waals surface area contributed by atoms with Crippen LogP contribution < -0.4 is 0 Å². The van der Waals surface area contributed by atoms with Gasteiger partial charge in [0.15, 0.2) is 0 Å². The lowest BCUT2D eigenvalue weighted by atomic mass is 10.2. The Morgan fingerprint density at radius 2 is 1.90 bits per heavy atom. The lowest BCUT2D eigenvalue weighted by molar-refractivity contribution is -0.133. The first-order valence-corrected chi connectivity index (χ1v) is 8.17. The smallest absolute Gasteiger partial charge is 0.313 e. The van der Waals surface area contributed by atoms with Gasteiger partial charge in [-0.3, -0.25) is 4.79 Å². The number of aliphatic carboxylic acids is 1. The van der Waals surface area contributed by atoms with E-state index in [2.05, 4.69) is 0 Å². The highest BCUT2D eigenvalue weighted by molar-refractivity contribution is 8.00. The molecule has 1 aromatic heterocycles. The predicted molar refractivity (Wildman–Crippen MR) is 76.6 cm³/mol. The normalized spacial score (nSPS) is 11.4. The third-order valence-electron chi connectivity index (χ3n) is 2.60. The van der Waals surface area contributed by atoms with Crippen LogP contribution in [0.2, 0.25) is 0 Å². The topological polar surface area (TPSA) is 76.4 Å². The molecule has 0 aliphatic carbocycles. The van der Waals surface area contributed by atoms with Crippen molar-refractivity contribution >= 4 is 27.8 Å². The van der Waals surface area contributed by atoms with Crippen LogP contribution in [0, 0.1) is 6.92 Å². The molecule has 1 aromatic carbocycles. The van der Waals surface area contributed by atoms with Gasteiger partial charge in [-0.05, 0) is 25.1 Å². The molecule has 0 spiro atoms. The number of aromatic nitrogens is 1. The number of carboxylic acid groups (broad SMARTS) is 1. The molecule has 0 radical (unpaired) electrons. The zero-order valence-electron chi connectivity index (χ0n) is 10.7. The minimum Gasteiger partial charge on any atom is -0.481 e. The van der Waals surface area contributed by atoms with Gasteiger partial charge in [-0.25, -0.2) is 12.4 Å². The number of carbonyl (C=O) groups is 1. The molecule has 2 rings (SSSR count). The van der Waals surface area contributed by atoms with Gasteiger partial charge in [0.1, 0.15) is 0 Å². The number of aryl methyl sites for hydroxylation is 1. The molecule has 1 heterocycles. The molecule has 0 atom stereocenters. The second-order valence-corrected chi connectivity index (χ2v) is 7.07. The predicted octanol–water partition coefficient (Wildman–Crippen LogP) is 2.21. The van der Waals surface area contributed by atoms with Gasteiger partial charge in [0.2, 0.25) is 0 Å². The molecule has 5 nitrogen and oxygen atoms in total. The average Bonchev–Trinajstić information content (AvgIpc) is 2.86. The summed E-state index contributed by atoms with van der Waals surface area (Å²) in [5.74, 6) is -1.04. The maximum Gasteiger partial charge on any atom is 0.313 e. The van der Waals surface area contributed by atoms with E-state index in [1.165, 1.54) is 12.4 Å². The zero-order valence-corrected chi connectivity index (χ0v) is 12.3. The van der Waals surface area contributed by atoms with E-state index in [4.69, 9.17) is 5.11 Å². The van der Waals surface area contributed by atoms with Crippen molar-refractivity contribution in [2.75, 3.05) is 5.75 Å². The summed E-state index contributed by atoms with van der Waals surface area (Å²) in [6, 6.07) is 8.15. The van der Waals surface area contributed by atoms with Crippen LogP contribution in [0.4, 0.5) is 0 Å². The van der Waals surface area contributed by atoms with Crippen molar-refractivity contribution in [2.45, 2.75) is 16.7 Å². The molecule has 20 heavy (non-hydrogen) atoms.